The summed E-state index contributed by atoms with van der Waals surface area (Å²) in [5.41, 5.74) is 2.17. The normalized spacial score (nSPS) is 18.7. The van der Waals surface area contributed by atoms with E-state index >= 15 is 0 Å². The fourth-order valence-corrected chi connectivity index (χ4v) is 3.66. The van der Waals surface area contributed by atoms with Crippen LogP contribution >= 0.6 is 0 Å². The summed E-state index contributed by atoms with van der Waals surface area (Å²) in [5.74, 6) is 2.00. The lowest BCUT2D eigenvalue weighted by atomic mass is 9.92. The summed E-state index contributed by atoms with van der Waals surface area (Å²) in [5, 5.41) is 4.61. The largest absolute Gasteiger partial charge is 0.341 e. The highest BCUT2D eigenvalue weighted by atomic mass is 16.1. The molecule has 2 aromatic heterocycles. The van der Waals surface area contributed by atoms with Gasteiger partial charge in [-0.3, -0.25) is 4.79 Å². The Morgan fingerprint density at radius 2 is 1.70 bits per heavy atom. The molecular formula is C21H29N5O. The van der Waals surface area contributed by atoms with Gasteiger partial charge in [0.2, 0.25) is 5.95 Å². The van der Waals surface area contributed by atoms with Crippen molar-refractivity contribution in [1.29, 1.82) is 0 Å². The first-order valence-electron chi connectivity index (χ1n) is 10.1. The topological polar surface area (TPSA) is 63.9 Å². The van der Waals surface area contributed by atoms with E-state index in [4.69, 9.17) is 0 Å². The van der Waals surface area contributed by atoms with Crippen LogP contribution in [0.5, 0.6) is 0 Å². The molecule has 0 amide bonds. The Morgan fingerprint density at radius 1 is 1.04 bits per heavy atom. The molecule has 6 heteroatoms. The Kier molecular flexibility index (Phi) is 4.74. The Balaban J connectivity index is 1.37. The first-order valence-corrected chi connectivity index (χ1v) is 10.1. The lowest BCUT2D eigenvalue weighted by Crippen LogP contribution is -2.38. The average molecular weight is 367 g/mol. The SMILES string of the molecule is CC(C)(C)c1ccc(=O)n(CC2CCN(c3ncc(C4CC4)cn3)CC2)n1. The zero-order valence-corrected chi connectivity index (χ0v) is 16.6. The molecule has 27 heavy (non-hydrogen) atoms. The molecule has 144 valence electrons. The van der Waals surface area contributed by atoms with Crippen molar-refractivity contribution in [3.05, 3.63) is 46.1 Å². The van der Waals surface area contributed by atoms with Crippen LogP contribution in [0.15, 0.2) is 29.3 Å². The molecule has 0 bridgehead atoms. The van der Waals surface area contributed by atoms with Crippen molar-refractivity contribution in [3.8, 4) is 0 Å². The number of anilines is 1. The molecule has 0 radical (unpaired) electrons. The van der Waals surface area contributed by atoms with Gasteiger partial charge in [-0.25, -0.2) is 14.6 Å². The van der Waals surface area contributed by atoms with E-state index in [9.17, 15) is 4.79 Å². The highest BCUT2D eigenvalue weighted by molar-refractivity contribution is 5.32. The number of rotatable bonds is 4. The molecule has 0 N–H and O–H groups in total. The van der Waals surface area contributed by atoms with Crippen molar-refractivity contribution in [1.82, 2.24) is 19.7 Å². The second-order valence-corrected chi connectivity index (χ2v) is 9.01. The molecule has 0 spiro atoms. The van der Waals surface area contributed by atoms with Crippen LogP contribution in [-0.4, -0.2) is 32.8 Å². The van der Waals surface area contributed by atoms with Crippen molar-refractivity contribution in [2.75, 3.05) is 18.0 Å². The molecule has 6 nitrogen and oxygen atoms in total. The summed E-state index contributed by atoms with van der Waals surface area (Å²) in [6, 6.07) is 3.50. The minimum absolute atomic E-state index is 0.00979. The average Bonchev–Trinajstić information content (AvgIpc) is 3.49. The van der Waals surface area contributed by atoms with Crippen LogP contribution in [-0.2, 0) is 12.0 Å². The second kappa shape index (κ2) is 7.06. The fraction of sp³-hybridized carbons (Fsp3) is 0.619. The Bertz CT molecular complexity index is 840. The van der Waals surface area contributed by atoms with Gasteiger partial charge in [0.25, 0.3) is 5.56 Å². The first kappa shape index (κ1) is 18.1. The van der Waals surface area contributed by atoms with Gasteiger partial charge in [0.1, 0.15) is 0 Å². The molecule has 2 aliphatic rings. The predicted molar refractivity (Wildman–Crippen MR) is 106 cm³/mol. The zero-order chi connectivity index (χ0) is 19.0. The summed E-state index contributed by atoms with van der Waals surface area (Å²) in [6.45, 7) is 8.92. The Hall–Kier alpha value is -2.24. The molecule has 2 aromatic rings. The molecule has 1 saturated heterocycles. The van der Waals surface area contributed by atoms with E-state index in [2.05, 4.69) is 40.7 Å². The van der Waals surface area contributed by atoms with Gasteiger partial charge in [-0.05, 0) is 49.1 Å². The third-order valence-electron chi connectivity index (χ3n) is 5.67. The molecule has 3 heterocycles. The molecule has 1 aliphatic heterocycles. The van der Waals surface area contributed by atoms with Gasteiger partial charge in [-0.1, -0.05) is 20.8 Å². The monoisotopic (exact) mass is 367 g/mol. The second-order valence-electron chi connectivity index (χ2n) is 9.01. The molecule has 1 saturated carbocycles. The summed E-state index contributed by atoms with van der Waals surface area (Å²) in [4.78, 5) is 23.6. The van der Waals surface area contributed by atoms with Crippen molar-refractivity contribution >= 4 is 5.95 Å². The maximum Gasteiger partial charge on any atom is 0.266 e. The van der Waals surface area contributed by atoms with Crippen molar-refractivity contribution in [3.63, 3.8) is 0 Å². The van der Waals surface area contributed by atoms with E-state index in [1.54, 1.807) is 10.7 Å². The van der Waals surface area contributed by atoms with Gasteiger partial charge in [0.15, 0.2) is 0 Å². The highest BCUT2D eigenvalue weighted by Crippen LogP contribution is 2.39. The third kappa shape index (κ3) is 4.20. The minimum atomic E-state index is -0.0528. The smallest absolute Gasteiger partial charge is 0.266 e. The van der Waals surface area contributed by atoms with E-state index < -0.39 is 0 Å². The van der Waals surface area contributed by atoms with Crippen LogP contribution in [0.1, 0.15) is 63.6 Å². The van der Waals surface area contributed by atoms with E-state index in [-0.39, 0.29) is 11.0 Å². The molecule has 0 atom stereocenters. The lowest BCUT2D eigenvalue weighted by Gasteiger charge is -2.32. The van der Waals surface area contributed by atoms with Crippen LogP contribution in [0.25, 0.3) is 0 Å². The van der Waals surface area contributed by atoms with Gasteiger partial charge >= 0.3 is 0 Å². The van der Waals surface area contributed by atoms with Crippen LogP contribution < -0.4 is 10.5 Å². The number of hydrogen-bond donors (Lipinski definition) is 0. The maximum atomic E-state index is 12.2. The number of nitrogens with zero attached hydrogens (tertiary/aromatic N) is 5. The van der Waals surface area contributed by atoms with Crippen molar-refractivity contribution in [2.45, 2.75) is 64.3 Å². The van der Waals surface area contributed by atoms with Gasteiger partial charge in [-0.15, -0.1) is 0 Å². The lowest BCUT2D eigenvalue weighted by molar-refractivity contribution is 0.328. The molecule has 0 unspecified atom stereocenters. The molecular weight excluding hydrogens is 338 g/mol. The van der Waals surface area contributed by atoms with Gasteiger partial charge in [0.05, 0.1) is 5.69 Å². The number of aromatic nitrogens is 4. The Labute approximate surface area is 160 Å². The first-order chi connectivity index (χ1) is 12.9. The van der Waals surface area contributed by atoms with Gasteiger partial charge in [-0.2, -0.15) is 5.10 Å². The summed E-state index contributed by atoms with van der Waals surface area (Å²) in [7, 11) is 0. The quantitative estimate of drug-likeness (QED) is 0.831. The summed E-state index contributed by atoms with van der Waals surface area (Å²) >= 11 is 0. The molecule has 0 aromatic carbocycles. The van der Waals surface area contributed by atoms with Crippen molar-refractivity contribution < 1.29 is 0 Å². The van der Waals surface area contributed by atoms with Crippen LogP contribution in [0.4, 0.5) is 5.95 Å². The zero-order valence-electron chi connectivity index (χ0n) is 16.6. The van der Waals surface area contributed by atoms with Crippen molar-refractivity contribution in [2.24, 2.45) is 5.92 Å². The minimum Gasteiger partial charge on any atom is -0.341 e. The molecule has 4 rings (SSSR count). The van der Waals surface area contributed by atoms with E-state index in [0.29, 0.717) is 18.4 Å². The summed E-state index contributed by atoms with van der Waals surface area (Å²) in [6.07, 6.45) is 8.60. The Morgan fingerprint density at radius 3 is 2.30 bits per heavy atom. The van der Waals surface area contributed by atoms with Gasteiger partial charge < -0.3 is 4.90 Å². The standard InChI is InChI=1S/C21H29N5O/c1-21(2,3)18-6-7-19(27)26(24-18)14-15-8-10-25(11-9-15)20-22-12-17(13-23-20)16-4-5-16/h6-7,12-13,15-16H,4-5,8-11,14H2,1-3H3. The van der Waals surface area contributed by atoms with E-state index in [0.717, 1.165) is 37.6 Å². The highest BCUT2D eigenvalue weighted by Gasteiger charge is 2.26. The van der Waals surface area contributed by atoms with Crippen LogP contribution in [0, 0.1) is 5.92 Å². The van der Waals surface area contributed by atoms with E-state index in [1.807, 2.05) is 18.5 Å². The molecule has 1 aliphatic carbocycles. The number of hydrogen-bond acceptors (Lipinski definition) is 5. The van der Waals surface area contributed by atoms with Gasteiger partial charge in [0, 0.05) is 43.5 Å². The fourth-order valence-electron chi connectivity index (χ4n) is 3.66. The third-order valence-corrected chi connectivity index (χ3v) is 5.67. The van der Waals surface area contributed by atoms with Crippen LogP contribution in [0.3, 0.4) is 0 Å². The summed E-state index contributed by atoms with van der Waals surface area (Å²) < 4.78 is 1.65. The number of piperidine rings is 1. The van der Waals surface area contributed by atoms with Crippen LogP contribution in [0.2, 0.25) is 0 Å². The van der Waals surface area contributed by atoms with E-state index in [1.165, 1.54) is 18.4 Å². The molecule has 2 fully saturated rings. The maximum absolute atomic E-state index is 12.2. The predicted octanol–water partition coefficient (Wildman–Crippen LogP) is 3.12.